The molecular weight excluding hydrogens is 248 g/mol. The lowest BCUT2D eigenvalue weighted by Gasteiger charge is -2.13. The summed E-state index contributed by atoms with van der Waals surface area (Å²) in [6.07, 6.45) is 1.96. The summed E-state index contributed by atoms with van der Waals surface area (Å²) in [6.45, 7) is 1.75. The van der Waals surface area contributed by atoms with E-state index in [1.165, 1.54) is 0 Å². The summed E-state index contributed by atoms with van der Waals surface area (Å²) in [5, 5.41) is 0. The highest BCUT2D eigenvalue weighted by Crippen LogP contribution is 2.33. The van der Waals surface area contributed by atoms with E-state index in [-0.39, 0.29) is 6.04 Å². The van der Waals surface area contributed by atoms with Gasteiger partial charge in [0.2, 0.25) is 10.0 Å². The predicted molar refractivity (Wildman–Crippen MR) is 58.9 cm³/mol. The molecule has 1 unspecified atom stereocenters. The van der Waals surface area contributed by atoms with Crippen LogP contribution < -0.4 is 4.72 Å². The van der Waals surface area contributed by atoms with Crippen LogP contribution in [0, 0.1) is 17.6 Å². The van der Waals surface area contributed by atoms with Crippen molar-refractivity contribution in [1.29, 1.82) is 0 Å². The molecule has 3 nitrogen and oxygen atoms in total. The molecule has 1 atom stereocenters. The zero-order valence-corrected chi connectivity index (χ0v) is 10.1. The quantitative estimate of drug-likeness (QED) is 0.901. The van der Waals surface area contributed by atoms with Crippen molar-refractivity contribution in [3.8, 4) is 0 Å². The normalized spacial score (nSPS) is 18.1. The van der Waals surface area contributed by atoms with E-state index in [0.717, 1.165) is 25.0 Å². The lowest BCUT2D eigenvalue weighted by atomic mass is 10.2. The van der Waals surface area contributed by atoms with Gasteiger partial charge in [-0.05, 0) is 37.8 Å². The number of hydrogen-bond acceptors (Lipinski definition) is 2. The van der Waals surface area contributed by atoms with Gasteiger partial charge in [-0.25, -0.2) is 21.9 Å². The van der Waals surface area contributed by atoms with Gasteiger partial charge in [0.25, 0.3) is 0 Å². The number of hydrogen-bond donors (Lipinski definition) is 1. The van der Waals surface area contributed by atoms with E-state index in [4.69, 9.17) is 0 Å². The highest BCUT2D eigenvalue weighted by Gasteiger charge is 2.32. The Labute approximate surface area is 98.9 Å². The molecule has 1 aromatic carbocycles. The summed E-state index contributed by atoms with van der Waals surface area (Å²) in [7, 11) is -3.90. The molecule has 1 N–H and O–H groups in total. The van der Waals surface area contributed by atoms with Crippen LogP contribution in [0.2, 0.25) is 0 Å². The molecule has 0 heterocycles. The van der Waals surface area contributed by atoms with Crippen LogP contribution in [-0.4, -0.2) is 14.5 Å². The van der Waals surface area contributed by atoms with Gasteiger partial charge in [0, 0.05) is 12.1 Å². The number of rotatable bonds is 4. The molecular formula is C11H13F2NO2S. The second-order valence-electron chi connectivity index (χ2n) is 4.32. The third kappa shape index (κ3) is 2.81. The van der Waals surface area contributed by atoms with Crippen LogP contribution in [0.5, 0.6) is 0 Å². The smallest absolute Gasteiger partial charge is 0.208 e. The lowest BCUT2D eigenvalue weighted by molar-refractivity contribution is 0.521. The van der Waals surface area contributed by atoms with E-state index >= 15 is 0 Å². The van der Waals surface area contributed by atoms with Gasteiger partial charge in [-0.1, -0.05) is 0 Å². The van der Waals surface area contributed by atoms with Gasteiger partial charge >= 0.3 is 0 Å². The van der Waals surface area contributed by atoms with Crippen LogP contribution in [0.1, 0.15) is 19.8 Å². The first-order valence-electron chi connectivity index (χ1n) is 5.37. The van der Waals surface area contributed by atoms with E-state index < -0.39 is 26.6 Å². The fourth-order valence-electron chi connectivity index (χ4n) is 1.69. The molecule has 17 heavy (non-hydrogen) atoms. The van der Waals surface area contributed by atoms with Crippen molar-refractivity contribution in [1.82, 2.24) is 4.72 Å². The Bertz CT molecular complexity index is 526. The van der Waals surface area contributed by atoms with Crippen LogP contribution >= 0.6 is 0 Å². The summed E-state index contributed by atoms with van der Waals surface area (Å²) in [6, 6.07) is 2.21. The zero-order valence-electron chi connectivity index (χ0n) is 9.28. The molecule has 0 amide bonds. The van der Waals surface area contributed by atoms with Crippen LogP contribution in [0.3, 0.4) is 0 Å². The van der Waals surface area contributed by atoms with Gasteiger partial charge in [0.1, 0.15) is 16.5 Å². The highest BCUT2D eigenvalue weighted by molar-refractivity contribution is 7.89. The second-order valence-corrected chi connectivity index (χ2v) is 6.00. The largest absolute Gasteiger partial charge is 0.243 e. The van der Waals surface area contributed by atoms with Gasteiger partial charge in [-0.2, -0.15) is 0 Å². The number of sulfonamides is 1. The molecule has 0 aliphatic heterocycles. The minimum absolute atomic E-state index is 0.218. The highest BCUT2D eigenvalue weighted by atomic mass is 32.2. The minimum Gasteiger partial charge on any atom is -0.208 e. The first kappa shape index (κ1) is 12.4. The Morgan fingerprint density at radius 1 is 1.35 bits per heavy atom. The van der Waals surface area contributed by atoms with Crippen molar-refractivity contribution in [3.63, 3.8) is 0 Å². The van der Waals surface area contributed by atoms with Gasteiger partial charge in [0.15, 0.2) is 0 Å². The van der Waals surface area contributed by atoms with E-state index in [0.29, 0.717) is 12.0 Å². The predicted octanol–water partition coefficient (Wildman–Crippen LogP) is 2.04. The van der Waals surface area contributed by atoms with Crippen molar-refractivity contribution in [3.05, 3.63) is 29.8 Å². The Balaban J connectivity index is 2.24. The molecule has 1 aliphatic carbocycles. The fraction of sp³-hybridized carbons (Fsp3) is 0.455. The van der Waals surface area contributed by atoms with E-state index in [1.807, 2.05) is 0 Å². The van der Waals surface area contributed by atoms with Crippen LogP contribution in [0.4, 0.5) is 8.78 Å². The summed E-state index contributed by atoms with van der Waals surface area (Å²) in [5.41, 5.74) is 0. The molecule has 2 rings (SSSR count). The molecule has 1 saturated carbocycles. The van der Waals surface area contributed by atoms with Crippen molar-refractivity contribution in [2.45, 2.75) is 30.7 Å². The maximum absolute atomic E-state index is 13.4. The van der Waals surface area contributed by atoms with Gasteiger partial charge < -0.3 is 0 Å². The van der Waals surface area contributed by atoms with Crippen LogP contribution in [0.15, 0.2) is 23.1 Å². The Morgan fingerprint density at radius 2 is 2.00 bits per heavy atom. The molecule has 0 bridgehead atoms. The maximum atomic E-state index is 13.4. The van der Waals surface area contributed by atoms with Crippen molar-refractivity contribution in [2.75, 3.05) is 0 Å². The van der Waals surface area contributed by atoms with Crippen LogP contribution in [0.25, 0.3) is 0 Å². The van der Waals surface area contributed by atoms with Gasteiger partial charge in [-0.15, -0.1) is 0 Å². The second kappa shape index (κ2) is 4.34. The van der Waals surface area contributed by atoms with Gasteiger partial charge in [0.05, 0.1) is 0 Å². The van der Waals surface area contributed by atoms with Crippen molar-refractivity contribution in [2.24, 2.45) is 5.92 Å². The molecule has 1 aliphatic rings. The van der Waals surface area contributed by atoms with Gasteiger partial charge in [-0.3, -0.25) is 0 Å². The minimum atomic E-state index is -3.90. The summed E-state index contributed by atoms with van der Waals surface area (Å²) in [4.78, 5) is -0.508. The summed E-state index contributed by atoms with van der Waals surface area (Å²) >= 11 is 0. The first-order chi connectivity index (χ1) is 7.90. The molecule has 1 fully saturated rings. The fourth-order valence-corrected chi connectivity index (χ4v) is 3.07. The molecule has 0 spiro atoms. The molecule has 1 aromatic rings. The number of halogens is 2. The Morgan fingerprint density at radius 3 is 2.53 bits per heavy atom. The Hall–Kier alpha value is -1.01. The monoisotopic (exact) mass is 261 g/mol. The number of benzene rings is 1. The van der Waals surface area contributed by atoms with E-state index in [1.54, 1.807) is 6.92 Å². The Kier molecular flexibility index (Phi) is 3.18. The molecule has 0 radical (unpaired) electrons. The summed E-state index contributed by atoms with van der Waals surface area (Å²) in [5.74, 6) is -1.54. The number of nitrogens with one attached hydrogen (secondary N) is 1. The molecule has 0 saturated heterocycles. The SMILES string of the molecule is CC(NS(=O)(=O)c1ccc(F)cc1F)C1CC1. The van der Waals surface area contributed by atoms with Crippen molar-refractivity contribution >= 4 is 10.0 Å². The first-order valence-corrected chi connectivity index (χ1v) is 6.86. The van der Waals surface area contributed by atoms with E-state index in [2.05, 4.69) is 4.72 Å². The third-order valence-corrected chi connectivity index (χ3v) is 4.45. The maximum Gasteiger partial charge on any atom is 0.243 e. The molecule has 94 valence electrons. The third-order valence-electron chi connectivity index (χ3n) is 2.85. The van der Waals surface area contributed by atoms with Crippen molar-refractivity contribution < 1.29 is 17.2 Å². The average molecular weight is 261 g/mol. The standard InChI is InChI=1S/C11H13F2NO2S/c1-7(8-2-3-8)14-17(15,16)11-5-4-9(12)6-10(11)13/h4-8,14H,2-3H2,1H3. The lowest BCUT2D eigenvalue weighted by Crippen LogP contribution is -2.34. The zero-order chi connectivity index (χ0) is 12.6. The van der Waals surface area contributed by atoms with Crippen LogP contribution in [-0.2, 0) is 10.0 Å². The van der Waals surface area contributed by atoms with E-state index in [9.17, 15) is 17.2 Å². The topological polar surface area (TPSA) is 46.2 Å². The average Bonchev–Trinajstić information content (AvgIpc) is 2.98. The molecule has 0 aromatic heterocycles. The summed E-state index contributed by atoms with van der Waals surface area (Å²) < 4.78 is 52.1. The molecule has 6 heteroatoms.